The van der Waals surface area contributed by atoms with E-state index in [-0.39, 0.29) is 5.54 Å². The van der Waals surface area contributed by atoms with Crippen molar-refractivity contribution in [2.24, 2.45) is 0 Å². The van der Waals surface area contributed by atoms with Gasteiger partial charge >= 0.3 is 0 Å². The summed E-state index contributed by atoms with van der Waals surface area (Å²) in [6, 6.07) is 31.8. The Morgan fingerprint density at radius 1 is 0.480 bits per heavy atom. The monoisotopic (exact) mass is 333 g/mol. The molecular weight excluding hydrogens is 302 g/mol. The number of hydrogen-bond acceptors (Lipinski definition) is 1. The maximum atomic E-state index is 3.56. The maximum Gasteiger partial charge on any atom is 0.0945 e. The third kappa shape index (κ3) is 4.58. The van der Waals surface area contributed by atoms with Gasteiger partial charge in [0.1, 0.15) is 0 Å². The highest BCUT2D eigenvalue weighted by molar-refractivity contribution is 5.49. The molecule has 0 spiro atoms. The molecule has 3 aromatic carbocycles. The molecule has 3 rings (SSSR count). The minimum absolute atomic E-state index is 0.330. The molecule has 0 fully saturated rings. The van der Waals surface area contributed by atoms with Crippen LogP contribution in [0.25, 0.3) is 0 Å². The molecule has 0 aliphatic rings. The van der Waals surface area contributed by atoms with E-state index in [0.717, 1.165) is 0 Å². The first-order valence-electron chi connectivity index (χ1n) is 9.23. The van der Waals surface area contributed by atoms with Crippen molar-refractivity contribution < 1.29 is 0 Å². The van der Waals surface area contributed by atoms with Crippen LogP contribution in [0.3, 0.4) is 0 Å². The molecule has 0 aromatic heterocycles. The van der Waals surface area contributed by atoms with E-state index < -0.39 is 0 Å². The molecule has 0 bridgehead atoms. The molecule has 0 unspecified atom stereocenters. The number of hydrogen-bond donors (Lipinski definition) is 1. The zero-order chi connectivity index (χ0) is 18.5. The zero-order valence-electron chi connectivity index (χ0n) is 16.2. The molecule has 0 heterocycles. The Kier molecular flexibility index (Phi) is 9.28. The molecular formula is C24H31N. The van der Waals surface area contributed by atoms with Crippen molar-refractivity contribution in [3.63, 3.8) is 0 Å². The molecule has 0 aliphatic heterocycles. The first-order valence-corrected chi connectivity index (χ1v) is 9.23. The summed E-state index contributed by atoms with van der Waals surface area (Å²) in [6.07, 6.45) is 0. The van der Waals surface area contributed by atoms with E-state index in [2.05, 4.69) is 96.3 Å². The van der Waals surface area contributed by atoms with Crippen LogP contribution in [0.1, 0.15) is 44.4 Å². The molecule has 3 aromatic rings. The van der Waals surface area contributed by atoms with Crippen molar-refractivity contribution in [2.75, 3.05) is 7.05 Å². The lowest BCUT2D eigenvalue weighted by molar-refractivity contribution is 0.525. The number of benzene rings is 3. The van der Waals surface area contributed by atoms with Crippen molar-refractivity contribution >= 4 is 0 Å². The van der Waals surface area contributed by atoms with Crippen LogP contribution in [0.2, 0.25) is 0 Å². The van der Waals surface area contributed by atoms with Crippen LogP contribution in [0.15, 0.2) is 91.0 Å². The highest BCUT2D eigenvalue weighted by Gasteiger charge is 2.34. The third-order valence-corrected chi connectivity index (χ3v) is 4.00. The smallest absolute Gasteiger partial charge is 0.0945 e. The average Bonchev–Trinajstić information content (AvgIpc) is 2.74. The van der Waals surface area contributed by atoms with Gasteiger partial charge in [-0.3, -0.25) is 0 Å². The fourth-order valence-electron chi connectivity index (χ4n) is 3.00. The average molecular weight is 334 g/mol. The lowest BCUT2D eigenvalue weighted by Gasteiger charge is -2.35. The molecule has 0 saturated heterocycles. The van der Waals surface area contributed by atoms with Crippen molar-refractivity contribution in [1.29, 1.82) is 0 Å². The molecule has 1 N–H and O–H groups in total. The summed E-state index contributed by atoms with van der Waals surface area (Å²) in [6.45, 7) is 8.00. The molecule has 0 amide bonds. The largest absolute Gasteiger partial charge is 0.303 e. The summed E-state index contributed by atoms with van der Waals surface area (Å²) >= 11 is 0. The van der Waals surface area contributed by atoms with Gasteiger partial charge in [-0.25, -0.2) is 0 Å². The van der Waals surface area contributed by atoms with Gasteiger partial charge in [0.05, 0.1) is 5.54 Å². The molecule has 132 valence electrons. The minimum Gasteiger partial charge on any atom is -0.303 e. The maximum absolute atomic E-state index is 3.56. The summed E-state index contributed by atoms with van der Waals surface area (Å²) < 4.78 is 0. The van der Waals surface area contributed by atoms with Crippen molar-refractivity contribution in [3.05, 3.63) is 108 Å². The number of nitrogens with one attached hydrogen (secondary N) is 1. The minimum atomic E-state index is -0.330. The van der Waals surface area contributed by atoms with Crippen LogP contribution in [0.5, 0.6) is 0 Å². The van der Waals surface area contributed by atoms with Crippen LogP contribution in [-0.4, -0.2) is 7.05 Å². The second kappa shape index (κ2) is 11.2. The summed E-state index contributed by atoms with van der Waals surface area (Å²) in [5.41, 5.74) is 3.39. The molecule has 1 nitrogen and oxygen atoms in total. The Morgan fingerprint density at radius 3 is 0.920 bits per heavy atom. The molecule has 0 saturated carbocycles. The van der Waals surface area contributed by atoms with E-state index in [0.29, 0.717) is 0 Å². The standard InChI is InChI=1S/C20H19N.2C2H6/c1-21-20(17-11-5-2-6-12-17,18-13-7-3-8-14-18)19-15-9-4-10-16-19;2*1-2/h2-16,21H,1H3;2*1-2H3. The lowest BCUT2D eigenvalue weighted by Crippen LogP contribution is -2.42. The van der Waals surface area contributed by atoms with Gasteiger partial charge in [0.25, 0.3) is 0 Å². The highest BCUT2D eigenvalue weighted by atomic mass is 14.9. The quantitative estimate of drug-likeness (QED) is 0.556. The SMILES string of the molecule is CC.CC.CNC(c1ccccc1)(c1ccccc1)c1ccccc1. The Balaban J connectivity index is 0.000000730. The zero-order valence-corrected chi connectivity index (χ0v) is 16.2. The van der Waals surface area contributed by atoms with Crippen LogP contribution < -0.4 is 5.32 Å². The topological polar surface area (TPSA) is 12.0 Å². The summed E-state index contributed by atoms with van der Waals surface area (Å²) in [7, 11) is 2.02. The Bertz CT molecular complexity index is 578. The first kappa shape index (κ1) is 20.7. The first-order chi connectivity index (χ1) is 12.4. The van der Waals surface area contributed by atoms with Gasteiger partial charge in [-0.15, -0.1) is 0 Å². The van der Waals surface area contributed by atoms with Crippen molar-refractivity contribution in [3.8, 4) is 0 Å². The molecule has 25 heavy (non-hydrogen) atoms. The van der Waals surface area contributed by atoms with Crippen molar-refractivity contribution in [2.45, 2.75) is 33.2 Å². The van der Waals surface area contributed by atoms with Gasteiger partial charge in [0.2, 0.25) is 0 Å². The van der Waals surface area contributed by atoms with Crippen LogP contribution in [0, 0.1) is 0 Å². The molecule has 0 atom stereocenters. The van der Waals surface area contributed by atoms with Gasteiger partial charge in [-0.05, 0) is 23.7 Å². The predicted molar refractivity (Wildman–Crippen MR) is 111 cm³/mol. The second-order valence-electron chi connectivity index (χ2n) is 5.10. The third-order valence-electron chi connectivity index (χ3n) is 4.00. The molecule has 1 heteroatoms. The Labute approximate surface area is 153 Å². The fraction of sp³-hybridized carbons (Fsp3) is 0.250. The second-order valence-corrected chi connectivity index (χ2v) is 5.10. The van der Waals surface area contributed by atoms with Crippen LogP contribution in [0.4, 0.5) is 0 Å². The Hall–Kier alpha value is -2.38. The molecule has 0 aliphatic carbocycles. The van der Waals surface area contributed by atoms with E-state index in [1.165, 1.54) is 16.7 Å². The van der Waals surface area contributed by atoms with Gasteiger partial charge in [-0.2, -0.15) is 0 Å². The van der Waals surface area contributed by atoms with E-state index >= 15 is 0 Å². The normalized spacial score (nSPS) is 9.96. The van der Waals surface area contributed by atoms with Crippen molar-refractivity contribution in [1.82, 2.24) is 5.32 Å². The predicted octanol–water partition coefficient (Wildman–Crippen LogP) is 6.25. The van der Waals surface area contributed by atoms with Gasteiger partial charge in [-0.1, -0.05) is 119 Å². The molecule has 0 radical (unpaired) electrons. The van der Waals surface area contributed by atoms with Gasteiger partial charge < -0.3 is 5.32 Å². The number of rotatable bonds is 4. The van der Waals surface area contributed by atoms with Crippen LogP contribution in [-0.2, 0) is 5.54 Å². The lowest BCUT2D eigenvalue weighted by atomic mass is 9.77. The summed E-state index contributed by atoms with van der Waals surface area (Å²) in [5, 5.41) is 3.56. The van der Waals surface area contributed by atoms with Crippen LogP contribution >= 0.6 is 0 Å². The van der Waals surface area contributed by atoms with E-state index in [9.17, 15) is 0 Å². The van der Waals surface area contributed by atoms with Gasteiger partial charge in [0, 0.05) is 0 Å². The van der Waals surface area contributed by atoms with Gasteiger partial charge in [0.15, 0.2) is 0 Å². The summed E-state index contributed by atoms with van der Waals surface area (Å²) in [5.74, 6) is 0. The fourth-order valence-corrected chi connectivity index (χ4v) is 3.00. The van der Waals surface area contributed by atoms with E-state index in [4.69, 9.17) is 0 Å². The highest BCUT2D eigenvalue weighted by Crippen LogP contribution is 2.35. The van der Waals surface area contributed by atoms with E-state index in [1.54, 1.807) is 0 Å². The van der Waals surface area contributed by atoms with E-state index in [1.807, 2.05) is 34.7 Å². The summed E-state index contributed by atoms with van der Waals surface area (Å²) in [4.78, 5) is 0. The Morgan fingerprint density at radius 2 is 0.720 bits per heavy atom.